The predicted molar refractivity (Wildman–Crippen MR) is 104 cm³/mol. The van der Waals surface area contributed by atoms with Crippen LogP contribution in [0, 0.1) is 0 Å². The van der Waals surface area contributed by atoms with Crippen molar-refractivity contribution in [3.05, 3.63) is 22.7 Å². The van der Waals surface area contributed by atoms with Crippen molar-refractivity contribution in [3.63, 3.8) is 0 Å². The predicted octanol–water partition coefficient (Wildman–Crippen LogP) is -1.54. The Morgan fingerprint density at radius 1 is 1.15 bits per heavy atom. The Hall–Kier alpha value is -1.07. The number of phosphoric ester groups is 1. The molecule has 0 saturated carbocycles. The standard InChI is InChI=1S/C12H22N3O15P3/c1-25-4-5-26-10-9(16)7(28-11(10)15-3-2-8(13)14-12(15)17)6-27-32(21,22)30-33(23,24)29-31(18,19)20/h2-3,7,9-11,16H,4-6H2,1H3,(H,21,22)(H,23,24)(H2,13,14,17)(H2,18,19,20)/t7-,9-,10-,11-/m1/s1. The van der Waals surface area contributed by atoms with Crippen LogP contribution in [-0.2, 0) is 41.1 Å². The second-order valence-electron chi connectivity index (χ2n) is 6.31. The van der Waals surface area contributed by atoms with Crippen LogP contribution >= 0.6 is 23.5 Å². The lowest BCUT2D eigenvalue weighted by Crippen LogP contribution is -2.38. The lowest BCUT2D eigenvalue weighted by Gasteiger charge is -2.22. The van der Waals surface area contributed by atoms with E-state index in [1.165, 1.54) is 19.4 Å². The lowest BCUT2D eigenvalue weighted by atomic mass is 10.1. The Morgan fingerprint density at radius 2 is 1.82 bits per heavy atom. The first-order valence-corrected chi connectivity index (χ1v) is 13.2. The number of nitrogens with zero attached hydrogens (tertiary/aromatic N) is 2. The number of phosphoric acid groups is 3. The van der Waals surface area contributed by atoms with Gasteiger partial charge >= 0.3 is 29.2 Å². The van der Waals surface area contributed by atoms with Crippen LogP contribution in [0.1, 0.15) is 6.23 Å². The van der Waals surface area contributed by atoms with E-state index < -0.39 is 60.3 Å². The van der Waals surface area contributed by atoms with Crippen molar-refractivity contribution in [1.29, 1.82) is 0 Å². The van der Waals surface area contributed by atoms with Crippen LogP contribution in [0.5, 0.6) is 0 Å². The summed E-state index contributed by atoms with van der Waals surface area (Å²) >= 11 is 0. The summed E-state index contributed by atoms with van der Waals surface area (Å²) in [5, 5.41) is 10.5. The van der Waals surface area contributed by atoms with Gasteiger partial charge in [0.1, 0.15) is 24.1 Å². The van der Waals surface area contributed by atoms with Gasteiger partial charge in [-0.1, -0.05) is 0 Å². The second kappa shape index (κ2) is 11.1. The number of aliphatic hydroxyl groups excluding tert-OH is 1. The summed E-state index contributed by atoms with van der Waals surface area (Å²) < 4.78 is 62.4. The number of rotatable bonds is 12. The van der Waals surface area contributed by atoms with Gasteiger partial charge in [0.2, 0.25) is 0 Å². The highest BCUT2D eigenvalue weighted by Gasteiger charge is 2.48. The minimum Gasteiger partial charge on any atom is -0.387 e. The van der Waals surface area contributed by atoms with Crippen LogP contribution in [0.2, 0.25) is 0 Å². The van der Waals surface area contributed by atoms with E-state index >= 15 is 0 Å². The molecule has 1 aromatic heterocycles. The number of ether oxygens (including phenoxy) is 3. The summed E-state index contributed by atoms with van der Waals surface area (Å²) in [5.41, 5.74) is 4.58. The Kier molecular flexibility index (Phi) is 9.49. The van der Waals surface area contributed by atoms with Gasteiger partial charge < -0.3 is 44.6 Å². The molecule has 1 aromatic rings. The van der Waals surface area contributed by atoms with Gasteiger partial charge in [-0.05, 0) is 6.07 Å². The largest absolute Gasteiger partial charge is 0.490 e. The molecule has 1 fully saturated rings. The molecule has 2 rings (SSSR count). The Bertz CT molecular complexity index is 1010. The van der Waals surface area contributed by atoms with Gasteiger partial charge in [-0.3, -0.25) is 9.09 Å². The zero-order chi connectivity index (χ0) is 25.0. The highest BCUT2D eigenvalue weighted by Crippen LogP contribution is 2.66. The Morgan fingerprint density at radius 3 is 2.39 bits per heavy atom. The second-order valence-corrected chi connectivity index (χ2v) is 10.7. The lowest BCUT2D eigenvalue weighted by molar-refractivity contribution is -0.0816. The third-order valence-electron chi connectivity index (χ3n) is 3.85. The molecule has 1 aliphatic rings. The van der Waals surface area contributed by atoms with Crippen molar-refractivity contribution in [2.45, 2.75) is 24.5 Å². The number of aliphatic hydroxyl groups is 1. The molecule has 2 unspecified atom stereocenters. The molecule has 190 valence electrons. The molecule has 21 heteroatoms. The molecular formula is C12H22N3O15P3. The first-order chi connectivity index (χ1) is 15.1. The molecule has 0 spiro atoms. The molecule has 0 radical (unpaired) electrons. The molecule has 6 atom stereocenters. The molecule has 1 saturated heterocycles. The van der Waals surface area contributed by atoms with Crippen molar-refractivity contribution in [3.8, 4) is 0 Å². The van der Waals surface area contributed by atoms with Crippen molar-refractivity contribution < 1.29 is 65.7 Å². The zero-order valence-electron chi connectivity index (χ0n) is 16.7. The van der Waals surface area contributed by atoms with Crippen molar-refractivity contribution >= 4 is 29.3 Å². The first kappa shape index (κ1) is 28.2. The highest BCUT2D eigenvalue weighted by molar-refractivity contribution is 7.66. The van der Waals surface area contributed by atoms with Gasteiger partial charge in [-0.2, -0.15) is 13.6 Å². The number of methoxy groups -OCH3 is 1. The SMILES string of the molecule is COCCO[C@@H]1[C@H](O)[C@@H](COP(=O)(O)OP(=O)(O)OP(=O)(O)O)O[C@H]1n1ccc(N)nc1=O. The van der Waals surface area contributed by atoms with E-state index in [9.17, 15) is 33.4 Å². The topological polar surface area (TPSA) is 269 Å². The summed E-state index contributed by atoms with van der Waals surface area (Å²) in [6.45, 7) is -0.891. The maximum absolute atomic E-state index is 12.2. The minimum atomic E-state index is -5.72. The van der Waals surface area contributed by atoms with Gasteiger partial charge in [0.25, 0.3) is 0 Å². The molecule has 0 amide bonds. The molecule has 0 aliphatic carbocycles. The summed E-state index contributed by atoms with van der Waals surface area (Å²) in [4.78, 5) is 51.5. The number of anilines is 1. The van der Waals surface area contributed by atoms with Gasteiger partial charge in [0.15, 0.2) is 6.23 Å². The summed E-state index contributed by atoms with van der Waals surface area (Å²) in [5.74, 6) is -0.0872. The summed E-state index contributed by atoms with van der Waals surface area (Å²) in [7, 11) is -15.4. The number of hydrogen-bond acceptors (Lipinski definition) is 13. The van der Waals surface area contributed by atoms with Crippen LogP contribution in [0.25, 0.3) is 0 Å². The van der Waals surface area contributed by atoms with Crippen LogP contribution in [0.15, 0.2) is 17.1 Å². The van der Waals surface area contributed by atoms with E-state index in [2.05, 4.69) is 18.1 Å². The minimum absolute atomic E-state index is 0.0438. The first-order valence-electron chi connectivity index (χ1n) is 8.71. The fourth-order valence-corrected chi connectivity index (χ4v) is 5.65. The smallest absolute Gasteiger partial charge is 0.387 e. The summed E-state index contributed by atoms with van der Waals surface area (Å²) in [6.07, 6.45) is -4.33. The van der Waals surface area contributed by atoms with Crippen molar-refractivity contribution in [2.24, 2.45) is 0 Å². The molecule has 1 aliphatic heterocycles. The van der Waals surface area contributed by atoms with E-state index in [0.717, 1.165) is 4.57 Å². The Balaban J connectivity index is 2.14. The van der Waals surface area contributed by atoms with E-state index in [1.54, 1.807) is 0 Å². The van der Waals surface area contributed by atoms with Crippen molar-refractivity contribution in [2.75, 3.05) is 32.7 Å². The quantitative estimate of drug-likeness (QED) is 0.129. The number of nitrogens with two attached hydrogens (primary N) is 1. The van der Waals surface area contributed by atoms with Gasteiger partial charge in [0, 0.05) is 13.3 Å². The van der Waals surface area contributed by atoms with Crippen LogP contribution < -0.4 is 11.4 Å². The average molecular weight is 541 g/mol. The van der Waals surface area contributed by atoms with Gasteiger partial charge in [0.05, 0.1) is 19.8 Å². The number of nitrogen functional groups attached to an aromatic ring is 1. The Labute approximate surface area is 185 Å². The highest BCUT2D eigenvalue weighted by atomic mass is 31.3. The van der Waals surface area contributed by atoms with E-state index in [1.807, 2.05) is 0 Å². The van der Waals surface area contributed by atoms with E-state index in [-0.39, 0.29) is 19.0 Å². The average Bonchev–Trinajstić information content (AvgIpc) is 2.93. The normalized spacial score (nSPS) is 27.2. The molecule has 33 heavy (non-hydrogen) atoms. The van der Waals surface area contributed by atoms with Crippen LogP contribution in [-0.4, -0.2) is 79.5 Å². The van der Waals surface area contributed by atoms with Crippen molar-refractivity contribution in [1.82, 2.24) is 9.55 Å². The fourth-order valence-electron chi connectivity index (χ4n) is 2.62. The maximum atomic E-state index is 12.2. The van der Waals surface area contributed by atoms with Crippen LogP contribution in [0.4, 0.5) is 5.82 Å². The number of hydrogen-bond donors (Lipinski definition) is 6. The van der Waals surface area contributed by atoms with Gasteiger partial charge in [-0.25, -0.2) is 18.5 Å². The maximum Gasteiger partial charge on any atom is 0.490 e. The molecular weight excluding hydrogens is 519 g/mol. The zero-order valence-corrected chi connectivity index (χ0v) is 19.4. The summed E-state index contributed by atoms with van der Waals surface area (Å²) in [6, 6.07) is 1.27. The molecule has 2 heterocycles. The number of aromatic nitrogens is 2. The fraction of sp³-hybridized carbons (Fsp3) is 0.667. The van der Waals surface area contributed by atoms with Crippen LogP contribution in [0.3, 0.4) is 0 Å². The molecule has 18 nitrogen and oxygen atoms in total. The van der Waals surface area contributed by atoms with E-state index in [4.69, 9.17) is 29.7 Å². The third kappa shape index (κ3) is 8.58. The molecule has 0 aromatic carbocycles. The van der Waals surface area contributed by atoms with E-state index in [0.29, 0.717) is 0 Å². The molecule has 0 bridgehead atoms. The monoisotopic (exact) mass is 541 g/mol. The van der Waals surface area contributed by atoms with Gasteiger partial charge in [-0.15, -0.1) is 0 Å². The molecule has 7 N–H and O–H groups in total. The third-order valence-corrected chi connectivity index (χ3v) is 7.66.